The highest BCUT2D eigenvalue weighted by Gasteiger charge is 1.93. The van der Waals surface area contributed by atoms with Crippen LogP contribution < -0.4 is 4.74 Å². The van der Waals surface area contributed by atoms with Crippen molar-refractivity contribution in [1.82, 2.24) is 0 Å². The van der Waals surface area contributed by atoms with E-state index in [-0.39, 0.29) is 0 Å². The second-order valence-electron chi connectivity index (χ2n) is 1.87. The molecule has 0 fully saturated rings. The maximum Gasteiger partial charge on any atom is 0.138 e. The van der Waals surface area contributed by atoms with Crippen molar-refractivity contribution in [3.8, 4) is 11.2 Å². The lowest BCUT2D eigenvalue weighted by Crippen LogP contribution is -1.80. The van der Waals surface area contributed by atoms with Gasteiger partial charge in [0.15, 0.2) is 0 Å². The van der Waals surface area contributed by atoms with Crippen molar-refractivity contribution in [2.24, 2.45) is 0 Å². The maximum atomic E-state index is 8.36. The molecule has 0 radical (unpaired) electrons. The summed E-state index contributed by atoms with van der Waals surface area (Å²) in [4.78, 5) is 0.909. The lowest BCUT2D eigenvalue weighted by Gasteiger charge is -1.98. The van der Waals surface area contributed by atoms with E-state index >= 15 is 0 Å². The molecule has 0 unspecified atom stereocenters. The Morgan fingerprint density at radius 3 is 3.00 bits per heavy atom. The summed E-state index contributed by atoms with van der Waals surface area (Å²) in [6.07, 6.45) is 0. The Kier molecular flexibility index (Phi) is 2.82. The number of hydrogen-bond donors (Lipinski definition) is 0. The SMILES string of the molecule is COc1cccc(SC#N)c1. The first kappa shape index (κ1) is 7.96. The van der Waals surface area contributed by atoms with E-state index < -0.39 is 0 Å². The summed E-state index contributed by atoms with van der Waals surface area (Å²) < 4.78 is 4.98. The second kappa shape index (κ2) is 3.89. The first-order valence-corrected chi connectivity index (χ1v) is 3.88. The number of methoxy groups -OCH3 is 1. The monoisotopic (exact) mass is 165 g/mol. The standard InChI is InChI=1S/C8H7NOS/c1-10-7-3-2-4-8(5-7)11-6-9/h2-5H,1H3. The molecule has 56 valence electrons. The highest BCUT2D eigenvalue weighted by Crippen LogP contribution is 2.21. The number of benzene rings is 1. The first-order chi connectivity index (χ1) is 5.36. The molecular formula is C8H7NOS. The molecule has 1 rings (SSSR count). The van der Waals surface area contributed by atoms with E-state index in [0.29, 0.717) is 0 Å². The Morgan fingerprint density at radius 1 is 1.55 bits per heavy atom. The topological polar surface area (TPSA) is 33.0 Å². The van der Waals surface area contributed by atoms with Gasteiger partial charge < -0.3 is 4.74 Å². The van der Waals surface area contributed by atoms with Crippen molar-refractivity contribution in [2.75, 3.05) is 7.11 Å². The number of nitriles is 1. The highest BCUT2D eigenvalue weighted by molar-refractivity contribution is 8.03. The number of nitrogens with zero attached hydrogens (tertiary/aromatic N) is 1. The average molecular weight is 165 g/mol. The van der Waals surface area contributed by atoms with Gasteiger partial charge in [-0.3, -0.25) is 0 Å². The van der Waals surface area contributed by atoms with Crippen LogP contribution in [0, 0.1) is 10.7 Å². The van der Waals surface area contributed by atoms with E-state index in [2.05, 4.69) is 0 Å². The fourth-order valence-corrected chi connectivity index (χ4v) is 1.14. The fraction of sp³-hybridized carbons (Fsp3) is 0.125. The van der Waals surface area contributed by atoms with Gasteiger partial charge in [0.25, 0.3) is 0 Å². The normalized spacial score (nSPS) is 8.73. The molecule has 0 saturated heterocycles. The van der Waals surface area contributed by atoms with Crippen LogP contribution in [0.4, 0.5) is 0 Å². The number of thiocyanates is 1. The fourth-order valence-electron chi connectivity index (χ4n) is 0.717. The van der Waals surface area contributed by atoms with Crippen molar-refractivity contribution in [1.29, 1.82) is 5.26 Å². The first-order valence-electron chi connectivity index (χ1n) is 3.07. The summed E-state index contributed by atoms with van der Waals surface area (Å²) in [7, 11) is 1.61. The Hall–Kier alpha value is -1.14. The van der Waals surface area contributed by atoms with E-state index in [9.17, 15) is 0 Å². The van der Waals surface area contributed by atoms with Crippen LogP contribution in [0.3, 0.4) is 0 Å². The summed E-state index contributed by atoms with van der Waals surface area (Å²) in [6, 6.07) is 7.41. The molecule has 0 aliphatic carbocycles. The van der Waals surface area contributed by atoms with Crippen molar-refractivity contribution in [3.63, 3.8) is 0 Å². The Morgan fingerprint density at radius 2 is 2.36 bits per heavy atom. The van der Waals surface area contributed by atoms with Crippen LogP contribution in [0.15, 0.2) is 29.2 Å². The molecule has 0 N–H and O–H groups in total. The largest absolute Gasteiger partial charge is 0.497 e. The van der Waals surface area contributed by atoms with E-state index in [1.54, 1.807) is 7.11 Å². The van der Waals surface area contributed by atoms with E-state index in [4.69, 9.17) is 10.00 Å². The van der Waals surface area contributed by atoms with Gasteiger partial charge in [-0.2, -0.15) is 5.26 Å². The Balaban J connectivity index is 2.84. The minimum absolute atomic E-state index is 0.783. The maximum absolute atomic E-state index is 8.36. The molecule has 3 heteroatoms. The smallest absolute Gasteiger partial charge is 0.138 e. The van der Waals surface area contributed by atoms with Crippen LogP contribution in [0.1, 0.15) is 0 Å². The van der Waals surface area contributed by atoms with E-state index in [1.807, 2.05) is 29.7 Å². The van der Waals surface area contributed by atoms with Gasteiger partial charge >= 0.3 is 0 Å². The van der Waals surface area contributed by atoms with Crippen LogP contribution in [0.5, 0.6) is 5.75 Å². The van der Waals surface area contributed by atoms with Crippen LogP contribution in [-0.2, 0) is 0 Å². The third-order valence-corrected chi connectivity index (χ3v) is 1.79. The minimum atomic E-state index is 0.783. The van der Waals surface area contributed by atoms with Gasteiger partial charge in [-0.1, -0.05) is 6.07 Å². The number of rotatable bonds is 2. The van der Waals surface area contributed by atoms with Crippen molar-refractivity contribution in [2.45, 2.75) is 4.90 Å². The highest BCUT2D eigenvalue weighted by atomic mass is 32.2. The van der Waals surface area contributed by atoms with Gasteiger partial charge in [0.1, 0.15) is 11.2 Å². The molecule has 0 saturated carbocycles. The molecule has 0 heterocycles. The average Bonchev–Trinajstić information content (AvgIpc) is 2.06. The molecule has 0 aliphatic heterocycles. The molecule has 0 aromatic heterocycles. The van der Waals surface area contributed by atoms with Gasteiger partial charge in [-0.15, -0.1) is 0 Å². The van der Waals surface area contributed by atoms with E-state index in [0.717, 1.165) is 22.4 Å². The minimum Gasteiger partial charge on any atom is -0.497 e. The molecule has 2 nitrogen and oxygen atoms in total. The third-order valence-electron chi connectivity index (χ3n) is 1.20. The van der Waals surface area contributed by atoms with E-state index in [1.165, 1.54) is 0 Å². The van der Waals surface area contributed by atoms with Crippen LogP contribution >= 0.6 is 11.8 Å². The van der Waals surface area contributed by atoms with Crippen molar-refractivity contribution < 1.29 is 4.74 Å². The molecule has 1 aromatic carbocycles. The molecule has 0 atom stereocenters. The summed E-state index contributed by atoms with van der Waals surface area (Å²) in [5.41, 5.74) is 0. The molecule has 11 heavy (non-hydrogen) atoms. The molecule has 1 aromatic rings. The van der Waals surface area contributed by atoms with Gasteiger partial charge in [0.05, 0.1) is 7.11 Å². The number of ether oxygens (including phenoxy) is 1. The lowest BCUT2D eigenvalue weighted by atomic mass is 10.3. The molecular weight excluding hydrogens is 158 g/mol. The molecule has 0 spiro atoms. The summed E-state index contributed by atoms with van der Waals surface area (Å²) in [6.45, 7) is 0. The Bertz CT molecular complexity index is 280. The quantitative estimate of drug-likeness (QED) is 0.498. The summed E-state index contributed by atoms with van der Waals surface area (Å²) >= 11 is 1.13. The van der Waals surface area contributed by atoms with Gasteiger partial charge in [0.2, 0.25) is 0 Å². The zero-order chi connectivity index (χ0) is 8.10. The van der Waals surface area contributed by atoms with Gasteiger partial charge in [-0.25, -0.2) is 0 Å². The predicted molar refractivity (Wildman–Crippen MR) is 44.5 cm³/mol. The van der Waals surface area contributed by atoms with Crippen LogP contribution in [-0.4, -0.2) is 7.11 Å². The zero-order valence-electron chi connectivity index (χ0n) is 6.07. The third kappa shape index (κ3) is 2.17. The van der Waals surface area contributed by atoms with Crippen LogP contribution in [0.25, 0.3) is 0 Å². The summed E-state index contributed by atoms with van der Waals surface area (Å²) in [5.74, 6) is 0.783. The van der Waals surface area contributed by atoms with Crippen molar-refractivity contribution >= 4 is 11.8 Å². The molecule has 0 amide bonds. The van der Waals surface area contributed by atoms with Gasteiger partial charge in [-0.05, 0) is 30.0 Å². The van der Waals surface area contributed by atoms with Crippen molar-refractivity contribution in [3.05, 3.63) is 24.3 Å². The molecule has 0 bridgehead atoms. The number of hydrogen-bond acceptors (Lipinski definition) is 3. The van der Waals surface area contributed by atoms with Crippen LogP contribution in [0.2, 0.25) is 0 Å². The van der Waals surface area contributed by atoms with Gasteiger partial charge in [0, 0.05) is 4.90 Å². The number of thioether (sulfide) groups is 1. The molecule has 0 aliphatic rings. The predicted octanol–water partition coefficient (Wildman–Crippen LogP) is 2.27. The zero-order valence-corrected chi connectivity index (χ0v) is 6.89. The lowest BCUT2D eigenvalue weighted by molar-refractivity contribution is 0.413. The Labute approximate surface area is 69.8 Å². The second-order valence-corrected chi connectivity index (χ2v) is 2.73. The summed E-state index contributed by atoms with van der Waals surface area (Å²) in [5, 5.41) is 10.4.